The highest BCUT2D eigenvalue weighted by Crippen LogP contribution is 2.27. The average Bonchev–Trinajstić information content (AvgIpc) is 3.00. The van der Waals surface area contributed by atoms with Crippen LogP contribution in [0, 0.1) is 5.92 Å². The number of nitrogens with zero attached hydrogens (tertiary/aromatic N) is 2. The summed E-state index contributed by atoms with van der Waals surface area (Å²) in [5.41, 5.74) is 1.27. The third kappa shape index (κ3) is 4.99. The fourth-order valence-corrected chi connectivity index (χ4v) is 3.06. The lowest BCUT2D eigenvalue weighted by molar-refractivity contribution is 0.525. The van der Waals surface area contributed by atoms with Gasteiger partial charge in [-0.3, -0.25) is 0 Å². The minimum Gasteiger partial charge on any atom is -0.354 e. The molecule has 2 rings (SSSR count). The van der Waals surface area contributed by atoms with Crippen LogP contribution in [0.4, 0.5) is 5.82 Å². The molecule has 0 amide bonds. The molecule has 0 spiro atoms. The molecule has 0 aliphatic heterocycles. The Morgan fingerprint density at radius 1 is 1.29 bits per heavy atom. The first kappa shape index (κ1) is 16.3. The molecule has 0 bridgehead atoms. The molecule has 0 aromatic carbocycles. The second kappa shape index (κ2) is 8.38. The molecular formula is C18H31N3. The molecule has 3 nitrogen and oxygen atoms in total. The molecule has 1 fully saturated rings. The third-order valence-electron chi connectivity index (χ3n) is 4.40. The Morgan fingerprint density at radius 3 is 2.62 bits per heavy atom. The average molecular weight is 289 g/mol. The zero-order chi connectivity index (χ0) is 15.1. The molecule has 0 radical (unpaired) electrons. The second-order valence-electron chi connectivity index (χ2n) is 6.62. The molecule has 0 unspecified atom stereocenters. The standard InChI is InChI=1S/C18H31N3/c1-4-19-13-16-9-10-18(20-14-16)21(12-11-15(2)3)17-7-5-6-8-17/h9-10,14-15,17,19H,4-8,11-13H2,1-3H3. The van der Waals surface area contributed by atoms with E-state index in [-0.39, 0.29) is 0 Å². The van der Waals surface area contributed by atoms with Crippen molar-refractivity contribution in [2.75, 3.05) is 18.0 Å². The molecule has 118 valence electrons. The lowest BCUT2D eigenvalue weighted by Crippen LogP contribution is -2.35. The molecule has 0 saturated heterocycles. The first-order valence-electron chi connectivity index (χ1n) is 8.63. The van der Waals surface area contributed by atoms with E-state index in [0.29, 0.717) is 6.04 Å². The highest BCUT2D eigenvalue weighted by atomic mass is 15.2. The summed E-state index contributed by atoms with van der Waals surface area (Å²) in [4.78, 5) is 7.30. The van der Waals surface area contributed by atoms with Gasteiger partial charge in [0.25, 0.3) is 0 Å². The lowest BCUT2D eigenvalue weighted by Gasteiger charge is -2.31. The predicted molar refractivity (Wildman–Crippen MR) is 90.7 cm³/mol. The molecule has 1 aliphatic rings. The Kier molecular flexibility index (Phi) is 6.50. The largest absolute Gasteiger partial charge is 0.354 e. The highest BCUT2D eigenvalue weighted by Gasteiger charge is 2.23. The van der Waals surface area contributed by atoms with E-state index in [2.05, 4.69) is 43.1 Å². The van der Waals surface area contributed by atoms with Crippen LogP contribution in [0.25, 0.3) is 0 Å². The molecule has 0 atom stereocenters. The Bertz CT molecular complexity index is 393. The van der Waals surface area contributed by atoms with Gasteiger partial charge in [0.15, 0.2) is 0 Å². The summed E-state index contributed by atoms with van der Waals surface area (Å²) in [6.45, 7) is 9.81. The maximum atomic E-state index is 4.74. The van der Waals surface area contributed by atoms with Crippen LogP contribution in [0.3, 0.4) is 0 Å². The molecule has 1 aromatic heterocycles. The smallest absolute Gasteiger partial charge is 0.128 e. The van der Waals surface area contributed by atoms with Gasteiger partial charge in [-0.1, -0.05) is 39.7 Å². The predicted octanol–water partition coefficient (Wildman–Crippen LogP) is 3.99. The number of nitrogens with one attached hydrogen (secondary N) is 1. The minimum absolute atomic E-state index is 0.705. The van der Waals surface area contributed by atoms with Crippen molar-refractivity contribution in [3.8, 4) is 0 Å². The molecule has 21 heavy (non-hydrogen) atoms. The van der Waals surface area contributed by atoms with E-state index in [9.17, 15) is 0 Å². The maximum absolute atomic E-state index is 4.74. The van der Waals surface area contributed by atoms with Crippen molar-refractivity contribution in [2.24, 2.45) is 5.92 Å². The van der Waals surface area contributed by atoms with Gasteiger partial charge in [0.05, 0.1) is 0 Å². The molecule has 3 heteroatoms. The fraction of sp³-hybridized carbons (Fsp3) is 0.722. The number of hydrogen-bond donors (Lipinski definition) is 1. The van der Waals surface area contributed by atoms with Crippen molar-refractivity contribution in [1.82, 2.24) is 10.3 Å². The molecule has 1 saturated carbocycles. The van der Waals surface area contributed by atoms with Gasteiger partial charge in [0.2, 0.25) is 0 Å². The van der Waals surface area contributed by atoms with Gasteiger partial charge in [-0.25, -0.2) is 4.98 Å². The highest BCUT2D eigenvalue weighted by molar-refractivity contribution is 5.41. The first-order valence-corrected chi connectivity index (χ1v) is 8.63. The van der Waals surface area contributed by atoms with Crippen LogP contribution in [0.2, 0.25) is 0 Å². The van der Waals surface area contributed by atoms with E-state index >= 15 is 0 Å². The monoisotopic (exact) mass is 289 g/mol. The van der Waals surface area contributed by atoms with Gasteiger partial charge in [0.1, 0.15) is 5.82 Å². The number of hydrogen-bond acceptors (Lipinski definition) is 3. The van der Waals surface area contributed by atoms with E-state index in [1.54, 1.807) is 0 Å². The molecule has 1 heterocycles. The zero-order valence-corrected chi connectivity index (χ0v) is 13.9. The fourth-order valence-electron chi connectivity index (χ4n) is 3.06. The first-order chi connectivity index (χ1) is 10.2. The van der Waals surface area contributed by atoms with Crippen LogP contribution in [-0.2, 0) is 6.54 Å². The minimum atomic E-state index is 0.705. The summed E-state index contributed by atoms with van der Waals surface area (Å²) in [6, 6.07) is 5.14. The van der Waals surface area contributed by atoms with Crippen LogP contribution in [-0.4, -0.2) is 24.1 Å². The van der Waals surface area contributed by atoms with E-state index < -0.39 is 0 Å². The van der Waals surface area contributed by atoms with Crippen molar-refractivity contribution < 1.29 is 0 Å². The number of anilines is 1. The lowest BCUT2D eigenvalue weighted by atomic mass is 10.1. The van der Waals surface area contributed by atoms with Crippen molar-refractivity contribution >= 4 is 5.82 Å². The summed E-state index contributed by atoms with van der Waals surface area (Å²) >= 11 is 0. The van der Waals surface area contributed by atoms with Crippen LogP contribution in [0.5, 0.6) is 0 Å². The van der Waals surface area contributed by atoms with Crippen LogP contribution in [0.15, 0.2) is 18.3 Å². The van der Waals surface area contributed by atoms with Crippen molar-refractivity contribution in [3.05, 3.63) is 23.9 Å². The van der Waals surface area contributed by atoms with Crippen LogP contribution in [0.1, 0.15) is 58.4 Å². The van der Waals surface area contributed by atoms with Gasteiger partial charge in [-0.2, -0.15) is 0 Å². The Hall–Kier alpha value is -1.09. The molecule has 1 aromatic rings. The van der Waals surface area contributed by atoms with E-state index in [1.165, 1.54) is 43.5 Å². The van der Waals surface area contributed by atoms with Crippen molar-refractivity contribution in [2.45, 2.75) is 65.5 Å². The Morgan fingerprint density at radius 2 is 2.05 bits per heavy atom. The van der Waals surface area contributed by atoms with Crippen LogP contribution < -0.4 is 10.2 Å². The maximum Gasteiger partial charge on any atom is 0.128 e. The van der Waals surface area contributed by atoms with Crippen LogP contribution >= 0.6 is 0 Å². The molecule has 1 N–H and O–H groups in total. The summed E-state index contributed by atoms with van der Waals surface area (Å²) in [6.07, 6.45) is 8.70. The Balaban J connectivity index is 2.04. The topological polar surface area (TPSA) is 28.2 Å². The van der Waals surface area contributed by atoms with Crippen molar-refractivity contribution in [3.63, 3.8) is 0 Å². The SMILES string of the molecule is CCNCc1ccc(N(CCC(C)C)C2CCCC2)nc1. The number of rotatable bonds is 8. The van der Waals surface area contributed by atoms with Gasteiger partial charge in [-0.15, -0.1) is 0 Å². The summed E-state index contributed by atoms with van der Waals surface area (Å²) in [5, 5.41) is 3.35. The molecule has 1 aliphatic carbocycles. The second-order valence-corrected chi connectivity index (χ2v) is 6.62. The number of aromatic nitrogens is 1. The summed E-state index contributed by atoms with van der Waals surface area (Å²) in [7, 11) is 0. The Labute approximate surface area is 130 Å². The number of pyridine rings is 1. The summed E-state index contributed by atoms with van der Waals surface area (Å²) < 4.78 is 0. The van der Waals surface area contributed by atoms with E-state index in [0.717, 1.165) is 25.6 Å². The van der Waals surface area contributed by atoms with E-state index in [1.807, 2.05) is 6.20 Å². The van der Waals surface area contributed by atoms with Gasteiger partial charge in [0, 0.05) is 25.3 Å². The quantitative estimate of drug-likeness (QED) is 0.784. The van der Waals surface area contributed by atoms with E-state index in [4.69, 9.17) is 4.98 Å². The molecular weight excluding hydrogens is 258 g/mol. The van der Waals surface area contributed by atoms with Gasteiger partial charge < -0.3 is 10.2 Å². The summed E-state index contributed by atoms with van der Waals surface area (Å²) in [5.74, 6) is 1.92. The zero-order valence-electron chi connectivity index (χ0n) is 13.9. The third-order valence-corrected chi connectivity index (χ3v) is 4.40. The van der Waals surface area contributed by atoms with Gasteiger partial charge in [-0.05, 0) is 43.4 Å². The van der Waals surface area contributed by atoms with Crippen molar-refractivity contribution in [1.29, 1.82) is 0 Å². The normalized spacial score (nSPS) is 15.8. The van der Waals surface area contributed by atoms with Gasteiger partial charge >= 0.3 is 0 Å².